The Hall–Kier alpha value is -3.00. The van der Waals surface area contributed by atoms with E-state index in [1.807, 2.05) is 0 Å². The molecular formula is C20H17BrO7. The molecule has 0 aliphatic rings. The highest BCUT2D eigenvalue weighted by atomic mass is 79.9. The van der Waals surface area contributed by atoms with E-state index in [2.05, 4.69) is 25.4 Å². The SMILES string of the molecule is COC(=O)c1cc(OC(=O)CCC(=O)c2ccc(Br)cc2)cc(C(=O)OC)c1. The molecule has 0 heterocycles. The zero-order valence-corrected chi connectivity index (χ0v) is 16.8. The molecule has 2 rings (SSSR count). The maximum atomic E-state index is 12.1. The molecule has 0 saturated heterocycles. The van der Waals surface area contributed by atoms with E-state index in [1.54, 1.807) is 24.3 Å². The summed E-state index contributed by atoms with van der Waals surface area (Å²) < 4.78 is 15.3. The molecule has 0 aromatic heterocycles. The maximum absolute atomic E-state index is 12.1. The van der Waals surface area contributed by atoms with Crippen molar-refractivity contribution < 1.29 is 33.4 Å². The van der Waals surface area contributed by atoms with Crippen molar-refractivity contribution in [2.24, 2.45) is 0 Å². The van der Waals surface area contributed by atoms with Gasteiger partial charge in [-0.15, -0.1) is 0 Å². The lowest BCUT2D eigenvalue weighted by atomic mass is 10.1. The molecule has 0 radical (unpaired) electrons. The summed E-state index contributed by atoms with van der Waals surface area (Å²) in [7, 11) is 2.37. The van der Waals surface area contributed by atoms with Gasteiger partial charge in [0.25, 0.3) is 0 Å². The van der Waals surface area contributed by atoms with Crippen LogP contribution in [-0.4, -0.2) is 37.9 Å². The number of hydrogen-bond donors (Lipinski definition) is 0. The van der Waals surface area contributed by atoms with Gasteiger partial charge in [0.05, 0.1) is 31.8 Å². The zero-order valence-electron chi connectivity index (χ0n) is 15.2. The van der Waals surface area contributed by atoms with Crippen molar-refractivity contribution >= 4 is 39.6 Å². The number of rotatable bonds is 7. The molecule has 2 aromatic rings. The van der Waals surface area contributed by atoms with Gasteiger partial charge >= 0.3 is 17.9 Å². The summed E-state index contributed by atoms with van der Waals surface area (Å²) in [5.41, 5.74) is 0.537. The van der Waals surface area contributed by atoms with Crippen LogP contribution in [0.5, 0.6) is 5.75 Å². The van der Waals surface area contributed by atoms with Crippen LogP contribution in [-0.2, 0) is 14.3 Å². The summed E-state index contributed by atoms with van der Waals surface area (Å²) in [6, 6.07) is 10.6. The maximum Gasteiger partial charge on any atom is 0.338 e. The molecule has 2 aromatic carbocycles. The van der Waals surface area contributed by atoms with Gasteiger partial charge in [-0.2, -0.15) is 0 Å². The average Bonchev–Trinajstić information content (AvgIpc) is 2.70. The van der Waals surface area contributed by atoms with Gasteiger partial charge in [-0.1, -0.05) is 28.1 Å². The lowest BCUT2D eigenvalue weighted by Crippen LogP contribution is -2.13. The zero-order chi connectivity index (χ0) is 20.7. The van der Waals surface area contributed by atoms with E-state index >= 15 is 0 Å². The number of ketones is 1. The van der Waals surface area contributed by atoms with Crippen LogP contribution in [0.1, 0.15) is 43.9 Å². The second kappa shape index (κ2) is 9.80. The first-order chi connectivity index (χ1) is 13.3. The Morgan fingerprint density at radius 1 is 0.786 bits per heavy atom. The van der Waals surface area contributed by atoms with Crippen molar-refractivity contribution in [3.8, 4) is 5.75 Å². The van der Waals surface area contributed by atoms with E-state index in [-0.39, 0.29) is 35.5 Å². The Kier molecular flexibility index (Phi) is 7.45. The molecule has 0 spiro atoms. The Morgan fingerprint density at radius 3 is 1.82 bits per heavy atom. The van der Waals surface area contributed by atoms with Gasteiger partial charge in [0.1, 0.15) is 5.75 Å². The van der Waals surface area contributed by atoms with Crippen molar-refractivity contribution in [3.05, 3.63) is 63.6 Å². The number of carbonyl (C=O) groups excluding carboxylic acids is 4. The van der Waals surface area contributed by atoms with Crippen LogP contribution in [0.3, 0.4) is 0 Å². The third-order valence-electron chi connectivity index (χ3n) is 3.70. The van der Waals surface area contributed by atoms with Gasteiger partial charge < -0.3 is 14.2 Å². The largest absolute Gasteiger partial charge is 0.465 e. The Labute approximate surface area is 169 Å². The van der Waals surface area contributed by atoms with E-state index < -0.39 is 17.9 Å². The first-order valence-electron chi connectivity index (χ1n) is 8.15. The van der Waals surface area contributed by atoms with E-state index in [4.69, 9.17) is 4.74 Å². The predicted octanol–water partition coefficient (Wildman–Crippen LogP) is 3.59. The number of ether oxygens (including phenoxy) is 3. The second-order valence-corrected chi connectivity index (χ2v) is 6.55. The van der Waals surface area contributed by atoms with Crippen molar-refractivity contribution in [3.63, 3.8) is 0 Å². The summed E-state index contributed by atoms with van der Waals surface area (Å²) in [5, 5.41) is 0. The highest BCUT2D eigenvalue weighted by Crippen LogP contribution is 2.20. The van der Waals surface area contributed by atoms with Gasteiger partial charge in [-0.05, 0) is 30.3 Å². The summed E-state index contributed by atoms with van der Waals surface area (Å²) in [6.45, 7) is 0. The quantitative estimate of drug-likeness (QED) is 0.362. The van der Waals surface area contributed by atoms with Crippen LogP contribution in [0, 0.1) is 0 Å². The second-order valence-electron chi connectivity index (χ2n) is 5.63. The van der Waals surface area contributed by atoms with Gasteiger partial charge in [0.15, 0.2) is 5.78 Å². The lowest BCUT2D eigenvalue weighted by molar-refractivity contribution is -0.134. The molecule has 0 aliphatic heterocycles. The minimum atomic E-state index is -0.700. The lowest BCUT2D eigenvalue weighted by Gasteiger charge is -2.09. The van der Waals surface area contributed by atoms with Crippen molar-refractivity contribution in [2.45, 2.75) is 12.8 Å². The Morgan fingerprint density at radius 2 is 1.32 bits per heavy atom. The molecule has 7 nitrogen and oxygen atoms in total. The van der Waals surface area contributed by atoms with Crippen molar-refractivity contribution in [1.29, 1.82) is 0 Å². The first-order valence-corrected chi connectivity index (χ1v) is 8.94. The van der Waals surface area contributed by atoms with E-state index in [1.165, 1.54) is 32.4 Å². The highest BCUT2D eigenvalue weighted by molar-refractivity contribution is 9.10. The first kappa shape index (κ1) is 21.3. The summed E-state index contributed by atoms with van der Waals surface area (Å²) in [5.74, 6) is -2.31. The van der Waals surface area contributed by atoms with Crippen LogP contribution in [0.2, 0.25) is 0 Å². The molecule has 0 amide bonds. The van der Waals surface area contributed by atoms with Crippen LogP contribution in [0.15, 0.2) is 46.9 Å². The van der Waals surface area contributed by atoms with Crippen LogP contribution < -0.4 is 4.74 Å². The number of methoxy groups -OCH3 is 2. The molecule has 0 N–H and O–H groups in total. The molecule has 0 fully saturated rings. The molecular weight excluding hydrogens is 432 g/mol. The predicted molar refractivity (Wildman–Crippen MR) is 102 cm³/mol. The van der Waals surface area contributed by atoms with Gasteiger partial charge in [-0.25, -0.2) is 9.59 Å². The topological polar surface area (TPSA) is 96.0 Å². The minimum Gasteiger partial charge on any atom is -0.465 e. The van der Waals surface area contributed by atoms with E-state index in [0.717, 1.165) is 4.47 Å². The van der Waals surface area contributed by atoms with Gasteiger partial charge in [0.2, 0.25) is 0 Å². The van der Waals surface area contributed by atoms with Crippen LogP contribution in [0.25, 0.3) is 0 Å². The van der Waals surface area contributed by atoms with Crippen molar-refractivity contribution in [2.75, 3.05) is 14.2 Å². The standard InChI is InChI=1S/C20H17BrO7/c1-26-19(24)13-9-14(20(25)27-2)11-16(10-13)28-18(23)8-7-17(22)12-3-5-15(21)6-4-12/h3-6,9-11H,7-8H2,1-2H3. The van der Waals surface area contributed by atoms with Crippen molar-refractivity contribution in [1.82, 2.24) is 0 Å². The highest BCUT2D eigenvalue weighted by Gasteiger charge is 2.17. The fourth-order valence-corrected chi connectivity index (χ4v) is 2.57. The third-order valence-corrected chi connectivity index (χ3v) is 4.23. The molecule has 0 atom stereocenters. The third kappa shape index (κ3) is 5.75. The molecule has 8 heteroatoms. The fourth-order valence-electron chi connectivity index (χ4n) is 2.31. The molecule has 0 aliphatic carbocycles. The number of carbonyl (C=O) groups is 4. The fraction of sp³-hybridized carbons (Fsp3) is 0.200. The molecule has 0 saturated carbocycles. The smallest absolute Gasteiger partial charge is 0.338 e. The van der Waals surface area contributed by atoms with Crippen LogP contribution >= 0.6 is 15.9 Å². The average molecular weight is 449 g/mol. The number of hydrogen-bond acceptors (Lipinski definition) is 7. The Balaban J connectivity index is 2.07. The minimum absolute atomic E-state index is 0.0237. The Bertz CT molecular complexity index is 869. The van der Waals surface area contributed by atoms with E-state index in [9.17, 15) is 19.2 Å². The van der Waals surface area contributed by atoms with E-state index in [0.29, 0.717) is 5.56 Å². The summed E-state index contributed by atoms with van der Waals surface area (Å²) in [4.78, 5) is 47.7. The van der Waals surface area contributed by atoms with Gasteiger partial charge in [-0.3, -0.25) is 9.59 Å². The molecule has 28 heavy (non-hydrogen) atoms. The summed E-state index contributed by atoms with van der Waals surface area (Å²) >= 11 is 3.28. The summed E-state index contributed by atoms with van der Waals surface area (Å²) in [6.07, 6.45) is -0.202. The number of Topliss-reactive ketones (excluding diaryl/α,β-unsaturated/α-hetero) is 1. The number of benzene rings is 2. The number of esters is 3. The normalized spacial score (nSPS) is 10.1. The molecule has 0 bridgehead atoms. The van der Waals surface area contributed by atoms with Crippen LogP contribution in [0.4, 0.5) is 0 Å². The monoisotopic (exact) mass is 448 g/mol. The number of halogens is 1. The molecule has 0 unspecified atom stereocenters. The van der Waals surface area contributed by atoms with Gasteiger partial charge in [0, 0.05) is 16.5 Å². The molecule has 146 valence electrons.